The highest BCUT2D eigenvalue weighted by atomic mass is 19.1. The number of fused-ring (bicyclic) bond motifs is 1. The second-order valence-corrected chi connectivity index (χ2v) is 7.10. The number of rotatable bonds is 5. The van der Waals surface area contributed by atoms with Crippen LogP contribution in [0.4, 0.5) is 4.39 Å². The molecule has 1 aromatic carbocycles. The molecule has 0 saturated heterocycles. The highest BCUT2D eigenvalue weighted by molar-refractivity contribution is 5.79. The molecular weight excluding hydrogens is 365 g/mol. The van der Waals surface area contributed by atoms with Gasteiger partial charge in [-0.3, -0.25) is 14.2 Å². The Morgan fingerprint density at radius 1 is 1.39 bits per heavy atom. The lowest BCUT2D eigenvalue weighted by Gasteiger charge is -2.11. The summed E-state index contributed by atoms with van der Waals surface area (Å²) in [6, 6.07) is 3.29. The molecule has 1 N–H and O–H groups in total. The van der Waals surface area contributed by atoms with Crippen LogP contribution in [0.25, 0.3) is 10.9 Å². The van der Waals surface area contributed by atoms with Gasteiger partial charge in [-0.25, -0.2) is 9.37 Å². The highest BCUT2D eigenvalue weighted by Gasteiger charge is 2.24. The molecule has 1 atom stereocenters. The predicted octanol–water partition coefficient (Wildman–Crippen LogP) is 2.45. The van der Waals surface area contributed by atoms with E-state index in [9.17, 15) is 14.0 Å². The molecule has 1 fully saturated rings. The molecule has 1 saturated carbocycles. The van der Waals surface area contributed by atoms with Crippen LogP contribution in [0, 0.1) is 5.82 Å². The Kier molecular flexibility index (Phi) is 4.89. The van der Waals surface area contributed by atoms with Crippen LogP contribution in [0.3, 0.4) is 0 Å². The molecule has 0 spiro atoms. The Bertz CT molecular complexity index is 1070. The van der Waals surface area contributed by atoms with Crippen molar-refractivity contribution in [2.75, 3.05) is 0 Å². The molecule has 0 bridgehead atoms. The van der Waals surface area contributed by atoms with Gasteiger partial charge in [0.05, 0.1) is 17.2 Å². The van der Waals surface area contributed by atoms with E-state index in [1.54, 1.807) is 6.92 Å². The fourth-order valence-corrected chi connectivity index (χ4v) is 3.52. The van der Waals surface area contributed by atoms with Crippen LogP contribution in [0.15, 0.2) is 33.8 Å². The number of amides is 1. The normalized spacial score (nSPS) is 15.8. The fourth-order valence-electron chi connectivity index (χ4n) is 3.52. The van der Waals surface area contributed by atoms with E-state index in [0.717, 1.165) is 23.5 Å². The van der Waals surface area contributed by atoms with Crippen LogP contribution in [0.5, 0.6) is 0 Å². The smallest absolute Gasteiger partial charge is 0.261 e. The maximum Gasteiger partial charge on any atom is 0.261 e. The Balaban J connectivity index is 1.45. The summed E-state index contributed by atoms with van der Waals surface area (Å²) in [5.41, 5.74) is -0.102. The fraction of sp³-hybridized carbons (Fsp3) is 0.421. The predicted molar refractivity (Wildman–Crippen MR) is 98.0 cm³/mol. The number of nitrogens with zero attached hydrogens (tertiary/aromatic N) is 4. The number of hydrogen-bond donors (Lipinski definition) is 1. The second kappa shape index (κ2) is 7.49. The molecule has 1 aliphatic carbocycles. The molecule has 0 radical (unpaired) electrons. The van der Waals surface area contributed by atoms with Crippen molar-refractivity contribution in [3.05, 3.63) is 52.4 Å². The summed E-state index contributed by atoms with van der Waals surface area (Å²) in [5, 5.41) is 6.89. The lowest BCUT2D eigenvalue weighted by atomic mass is 10.1. The minimum absolute atomic E-state index is 0.126. The first-order valence-corrected chi connectivity index (χ1v) is 9.29. The van der Waals surface area contributed by atoms with Crippen LogP contribution in [0.1, 0.15) is 56.3 Å². The standard InChI is InChI=1S/C19H20FN5O3/c1-11(18-23-17(24-28-18)12-4-2-3-5-12)22-16(26)9-25-10-21-15-7-6-13(20)8-14(15)19(25)27/h6-8,10-12H,2-5,9H2,1H3,(H,22,26)/t11-/m0/s1. The molecule has 1 aliphatic rings. The average Bonchev–Trinajstić information content (AvgIpc) is 3.35. The van der Waals surface area contributed by atoms with Crippen molar-refractivity contribution in [3.8, 4) is 0 Å². The van der Waals surface area contributed by atoms with E-state index < -0.39 is 23.3 Å². The first-order valence-electron chi connectivity index (χ1n) is 9.29. The topological polar surface area (TPSA) is 103 Å². The molecule has 3 aromatic rings. The molecule has 9 heteroatoms. The van der Waals surface area contributed by atoms with Gasteiger partial charge < -0.3 is 9.84 Å². The highest BCUT2D eigenvalue weighted by Crippen LogP contribution is 2.32. The molecular formula is C19H20FN5O3. The van der Waals surface area contributed by atoms with Crippen LogP contribution in [0.2, 0.25) is 0 Å². The first-order chi connectivity index (χ1) is 13.5. The lowest BCUT2D eigenvalue weighted by Crippen LogP contribution is -2.34. The maximum absolute atomic E-state index is 13.4. The summed E-state index contributed by atoms with van der Waals surface area (Å²) in [7, 11) is 0. The summed E-state index contributed by atoms with van der Waals surface area (Å²) in [5.74, 6) is 0.402. The molecule has 146 valence electrons. The van der Waals surface area contributed by atoms with Crippen molar-refractivity contribution < 1.29 is 13.7 Å². The molecule has 0 aliphatic heterocycles. The number of carbonyl (C=O) groups is 1. The minimum Gasteiger partial charge on any atom is -0.343 e. The van der Waals surface area contributed by atoms with Gasteiger partial charge in [-0.15, -0.1) is 0 Å². The molecule has 2 heterocycles. The molecule has 0 unspecified atom stereocenters. The van der Waals surface area contributed by atoms with Crippen LogP contribution in [-0.2, 0) is 11.3 Å². The largest absolute Gasteiger partial charge is 0.343 e. The van der Waals surface area contributed by atoms with E-state index >= 15 is 0 Å². The SMILES string of the molecule is C[C@H](NC(=O)Cn1cnc2ccc(F)cc2c1=O)c1nc(C2CCCC2)no1. The third-order valence-electron chi connectivity index (χ3n) is 5.03. The summed E-state index contributed by atoms with van der Waals surface area (Å²) in [6.07, 6.45) is 5.71. The lowest BCUT2D eigenvalue weighted by molar-refractivity contribution is -0.122. The van der Waals surface area contributed by atoms with Crippen molar-refractivity contribution in [2.45, 2.75) is 51.1 Å². The zero-order valence-corrected chi connectivity index (χ0v) is 15.4. The second-order valence-electron chi connectivity index (χ2n) is 7.10. The van der Waals surface area contributed by atoms with Crippen molar-refractivity contribution in [1.82, 2.24) is 25.0 Å². The summed E-state index contributed by atoms with van der Waals surface area (Å²) in [4.78, 5) is 33.3. The summed E-state index contributed by atoms with van der Waals surface area (Å²) < 4.78 is 19.8. The quantitative estimate of drug-likeness (QED) is 0.724. The van der Waals surface area contributed by atoms with Gasteiger partial charge in [-0.2, -0.15) is 4.98 Å². The van der Waals surface area contributed by atoms with E-state index in [2.05, 4.69) is 20.4 Å². The Morgan fingerprint density at radius 2 is 2.18 bits per heavy atom. The number of halogens is 1. The van der Waals surface area contributed by atoms with Crippen molar-refractivity contribution in [2.24, 2.45) is 0 Å². The van der Waals surface area contributed by atoms with E-state index in [-0.39, 0.29) is 11.9 Å². The number of nitrogens with one attached hydrogen (secondary N) is 1. The number of aromatic nitrogens is 4. The van der Waals surface area contributed by atoms with Crippen LogP contribution in [-0.4, -0.2) is 25.6 Å². The molecule has 1 amide bonds. The van der Waals surface area contributed by atoms with Crippen LogP contribution < -0.4 is 10.9 Å². The Morgan fingerprint density at radius 3 is 2.96 bits per heavy atom. The van der Waals surface area contributed by atoms with E-state index in [0.29, 0.717) is 23.1 Å². The monoisotopic (exact) mass is 385 g/mol. The third-order valence-corrected chi connectivity index (χ3v) is 5.03. The summed E-state index contributed by atoms with van der Waals surface area (Å²) in [6.45, 7) is 1.49. The Hall–Kier alpha value is -3.10. The van der Waals surface area contributed by atoms with E-state index in [4.69, 9.17) is 4.52 Å². The molecule has 28 heavy (non-hydrogen) atoms. The van der Waals surface area contributed by atoms with Crippen molar-refractivity contribution >= 4 is 16.8 Å². The van der Waals surface area contributed by atoms with Gasteiger partial charge in [0.25, 0.3) is 5.56 Å². The average molecular weight is 385 g/mol. The zero-order valence-electron chi connectivity index (χ0n) is 15.4. The van der Waals surface area contributed by atoms with Gasteiger partial charge in [0, 0.05) is 5.92 Å². The van der Waals surface area contributed by atoms with E-state index in [1.807, 2.05) is 0 Å². The maximum atomic E-state index is 13.4. The summed E-state index contributed by atoms with van der Waals surface area (Å²) >= 11 is 0. The van der Waals surface area contributed by atoms with Gasteiger partial charge in [-0.05, 0) is 38.0 Å². The first kappa shape index (κ1) is 18.3. The zero-order chi connectivity index (χ0) is 19.7. The van der Waals surface area contributed by atoms with Crippen LogP contribution >= 0.6 is 0 Å². The number of carbonyl (C=O) groups excluding carboxylic acids is 1. The van der Waals surface area contributed by atoms with Gasteiger partial charge in [0.15, 0.2) is 5.82 Å². The van der Waals surface area contributed by atoms with Crippen molar-refractivity contribution in [3.63, 3.8) is 0 Å². The number of benzene rings is 1. The van der Waals surface area contributed by atoms with Gasteiger partial charge in [0.2, 0.25) is 11.8 Å². The van der Waals surface area contributed by atoms with Gasteiger partial charge in [-0.1, -0.05) is 18.0 Å². The molecule has 4 rings (SSSR count). The molecule has 8 nitrogen and oxygen atoms in total. The van der Waals surface area contributed by atoms with Gasteiger partial charge >= 0.3 is 0 Å². The molecule has 2 aromatic heterocycles. The minimum atomic E-state index is -0.531. The number of hydrogen-bond acceptors (Lipinski definition) is 6. The van der Waals surface area contributed by atoms with E-state index in [1.165, 1.54) is 31.3 Å². The third kappa shape index (κ3) is 3.64. The van der Waals surface area contributed by atoms with Crippen molar-refractivity contribution in [1.29, 1.82) is 0 Å². The van der Waals surface area contributed by atoms with Gasteiger partial charge in [0.1, 0.15) is 18.4 Å². The Labute approximate surface area is 159 Å².